The van der Waals surface area contributed by atoms with E-state index in [-0.39, 0.29) is 0 Å². The van der Waals surface area contributed by atoms with E-state index < -0.39 is 11.9 Å². The number of benzene rings is 1. The van der Waals surface area contributed by atoms with E-state index in [0.717, 1.165) is 5.56 Å². The van der Waals surface area contributed by atoms with Crippen LogP contribution in [0.3, 0.4) is 0 Å². The fraction of sp³-hybridized carbons (Fsp3) is 0.200. The zero-order valence-corrected chi connectivity index (χ0v) is 12.0. The molecule has 1 atom stereocenters. The van der Waals surface area contributed by atoms with Crippen molar-refractivity contribution in [2.45, 2.75) is 12.8 Å². The third-order valence-electron chi connectivity index (χ3n) is 3.20. The molecule has 102 valence electrons. The molecule has 0 aromatic heterocycles. The number of ether oxygens (including phenoxy) is 1. The summed E-state index contributed by atoms with van der Waals surface area (Å²) in [5, 5.41) is 10.4. The van der Waals surface area contributed by atoms with Gasteiger partial charge in [-0.25, -0.2) is 4.79 Å². The van der Waals surface area contributed by atoms with Crippen molar-refractivity contribution in [1.82, 2.24) is 5.32 Å². The van der Waals surface area contributed by atoms with Crippen LogP contribution in [0.5, 0.6) is 0 Å². The quantitative estimate of drug-likeness (QED) is 0.379. The summed E-state index contributed by atoms with van der Waals surface area (Å²) in [7, 11) is 1.34. The highest BCUT2D eigenvalue weighted by Gasteiger charge is 2.35. The molecule has 0 saturated heterocycles. The van der Waals surface area contributed by atoms with Crippen molar-refractivity contribution in [3.8, 4) is 0 Å². The maximum atomic E-state index is 12.1. The minimum Gasteiger partial charge on any atom is -0.466 e. The lowest BCUT2D eigenvalue weighted by Crippen LogP contribution is -2.35. The molecule has 1 aromatic carbocycles. The van der Waals surface area contributed by atoms with Crippen LogP contribution in [0.4, 0.5) is 0 Å². The summed E-state index contributed by atoms with van der Waals surface area (Å²) in [4.78, 5) is 12.5. The molecule has 0 saturated carbocycles. The van der Waals surface area contributed by atoms with E-state index in [2.05, 4.69) is 11.2 Å². The molecule has 1 aliphatic rings. The van der Waals surface area contributed by atoms with Crippen molar-refractivity contribution < 1.29 is 9.53 Å². The smallest absolute Gasteiger partial charge is 0.336 e. The first kappa shape index (κ1) is 14.2. The van der Waals surface area contributed by atoms with Crippen LogP contribution in [0.25, 0.3) is 0 Å². The van der Waals surface area contributed by atoms with E-state index >= 15 is 0 Å². The Morgan fingerprint density at radius 2 is 2.05 bits per heavy atom. The average molecular weight is 286 g/mol. The molecule has 0 fully saturated rings. The SMILES string of the molecule is COC(=O)C1=C(C)NC(=S)C(=C=N)C1c1ccccc1. The molecule has 2 rings (SSSR count). The Balaban J connectivity index is 2.67. The zero-order valence-electron chi connectivity index (χ0n) is 11.2. The number of hydrogen-bond acceptors (Lipinski definition) is 4. The highest BCUT2D eigenvalue weighted by Crippen LogP contribution is 2.36. The van der Waals surface area contributed by atoms with E-state index in [4.69, 9.17) is 22.4 Å². The average Bonchev–Trinajstić information content (AvgIpc) is 2.46. The largest absolute Gasteiger partial charge is 0.466 e. The normalized spacial score (nSPS) is 18.4. The van der Waals surface area contributed by atoms with Crippen molar-refractivity contribution in [1.29, 1.82) is 5.41 Å². The Hall–Kier alpha value is -2.23. The van der Waals surface area contributed by atoms with Crippen LogP contribution in [0.1, 0.15) is 18.4 Å². The van der Waals surface area contributed by atoms with E-state index in [1.54, 1.807) is 6.92 Å². The van der Waals surface area contributed by atoms with E-state index in [9.17, 15) is 4.79 Å². The van der Waals surface area contributed by atoms with Gasteiger partial charge in [0.05, 0.1) is 24.2 Å². The molecule has 4 nitrogen and oxygen atoms in total. The van der Waals surface area contributed by atoms with Gasteiger partial charge in [-0.3, -0.25) is 5.41 Å². The van der Waals surface area contributed by atoms with Gasteiger partial charge in [0, 0.05) is 5.70 Å². The molecule has 0 spiro atoms. The Labute approximate surface area is 122 Å². The van der Waals surface area contributed by atoms with E-state index in [1.807, 2.05) is 30.3 Å². The Morgan fingerprint density at radius 1 is 1.40 bits per heavy atom. The maximum absolute atomic E-state index is 12.1. The van der Waals surface area contributed by atoms with Crippen LogP contribution in [0.15, 0.2) is 47.2 Å². The monoisotopic (exact) mass is 286 g/mol. The van der Waals surface area contributed by atoms with Gasteiger partial charge in [0.25, 0.3) is 0 Å². The second kappa shape index (κ2) is 5.82. The summed E-state index contributed by atoms with van der Waals surface area (Å²) in [5.41, 5.74) is 2.46. The Morgan fingerprint density at radius 3 is 2.60 bits per heavy atom. The number of methoxy groups -OCH3 is 1. The van der Waals surface area contributed by atoms with Crippen LogP contribution >= 0.6 is 12.2 Å². The van der Waals surface area contributed by atoms with E-state index in [1.165, 1.54) is 7.11 Å². The third kappa shape index (κ3) is 2.41. The zero-order chi connectivity index (χ0) is 14.7. The lowest BCUT2D eigenvalue weighted by atomic mass is 9.81. The summed E-state index contributed by atoms with van der Waals surface area (Å²) >= 11 is 5.24. The van der Waals surface area contributed by atoms with Gasteiger partial charge < -0.3 is 10.1 Å². The topological polar surface area (TPSA) is 62.2 Å². The van der Waals surface area contributed by atoms with Crippen molar-refractivity contribution in [3.05, 3.63) is 52.7 Å². The molecule has 1 unspecified atom stereocenters. The fourth-order valence-corrected chi connectivity index (χ4v) is 2.61. The lowest BCUT2D eigenvalue weighted by molar-refractivity contribution is -0.136. The number of thiocarbonyl (C=S) groups is 1. The summed E-state index contributed by atoms with van der Waals surface area (Å²) in [6.45, 7) is 1.77. The van der Waals surface area contributed by atoms with Gasteiger partial charge in [0.1, 0.15) is 4.99 Å². The van der Waals surface area contributed by atoms with Crippen molar-refractivity contribution >= 4 is 29.0 Å². The second-order valence-corrected chi connectivity index (χ2v) is 4.78. The molecular formula is C15H14N2O2S. The predicted molar refractivity (Wildman–Crippen MR) is 80.9 cm³/mol. The fourth-order valence-electron chi connectivity index (χ4n) is 2.29. The van der Waals surface area contributed by atoms with Crippen molar-refractivity contribution in [3.63, 3.8) is 0 Å². The predicted octanol–water partition coefficient (Wildman–Crippen LogP) is 2.32. The molecule has 0 bridgehead atoms. The highest BCUT2D eigenvalue weighted by atomic mass is 32.1. The van der Waals surface area contributed by atoms with Gasteiger partial charge in [0.15, 0.2) is 0 Å². The van der Waals surface area contributed by atoms with Crippen LogP contribution < -0.4 is 5.32 Å². The summed E-state index contributed by atoms with van der Waals surface area (Å²) in [5.74, 6) is 1.50. The van der Waals surface area contributed by atoms with Gasteiger partial charge in [-0.05, 0) is 18.4 Å². The van der Waals surface area contributed by atoms with Gasteiger partial charge in [0.2, 0.25) is 0 Å². The second-order valence-electron chi connectivity index (χ2n) is 4.37. The number of carbonyl (C=O) groups is 1. The van der Waals surface area contributed by atoms with Crippen LogP contribution in [-0.2, 0) is 9.53 Å². The number of nitrogens with one attached hydrogen (secondary N) is 2. The molecule has 20 heavy (non-hydrogen) atoms. The van der Waals surface area contributed by atoms with E-state index in [0.29, 0.717) is 21.8 Å². The summed E-state index contributed by atoms with van der Waals surface area (Å²) in [6.07, 6.45) is 0. The van der Waals surface area contributed by atoms with Gasteiger partial charge in [-0.15, -0.1) is 0 Å². The first-order valence-electron chi connectivity index (χ1n) is 6.05. The molecule has 1 heterocycles. The summed E-state index contributed by atoms with van der Waals surface area (Å²) < 4.78 is 4.86. The van der Waals surface area contributed by atoms with Gasteiger partial charge in [-0.1, -0.05) is 42.5 Å². The minimum atomic E-state index is -0.431. The Kier molecular flexibility index (Phi) is 4.13. The van der Waals surface area contributed by atoms with Crippen LogP contribution in [-0.4, -0.2) is 23.9 Å². The third-order valence-corrected chi connectivity index (χ3v) is 3.52. The van der Waals surface area contributed by atoms with Crippen LogP contribution in [0.2, 0.25) is 0 Å². The number of rotatable bonds is 2. The maximum Gasteiger partial charge on any atom is 0.336 e. The van der Waals surface area contributed by atoms with Gasteiger partial charge in [-0.2, -0.15) is 0 Å². The van der Waals surface area contributed by atoms with Crippen molar-refractivity contribution in [2.24, 2.45) is 0 Å². The first-order valence-corrected chi connectivity index (χ1v) is 6.46. The number of hydrogen-bond donors (Lipinski definition) is 2. The number of carbonyl (C=O) groups excluding carboxylic acids is 1. The molecule has 0 radical (unpaired) electrons. The van der Waals surface area contributed by atoms with Gasteiger partial charge >= 0.3 is 5.97 Å². The molecule has 1 aromatic rings. The lowest BCUT2D eigenvalue weighted by Gasteiger charge is -2.28. The molecule has 0 amide bonds. The standard InChI is InChI=1S/C15H14N2O2S/c1-9-12(15(18)19-2)13(10-6-4-3-5-7-10)11(8-16)14(20)17-9/h3-7,13,16H,1-2H3,(H,17,20). The molecule has 5 heteroatoms. The number of esters is 1. The summed E-state index contributed by atoms with van der Waals surface area (Å²) in [6, 6.07) is 9.45. The molecular weight excluding hydrogens is 272 g/mol. The molecule has 0 aliphatic carbocycles. The van der Waals surface area contributed by atoms with Crippen molar-refractivity contribution in [2.75, 3.05) is 7.11 Å². The highest BCUT2D eigenvalue weighted by molar-refractivity contribution is 7.80. The minimum absolute atomic E-state index is 0.416. The van der Waals surface area contributed by atoms with Crippen LogP contribution in [0, 0.1) is 5.41 Å². The Bertz CT molecular complexity index is 643. The number of allylic oxidation sites excluding steroid dienone is 1. The molecule has 2 N–H and O–H groups in total. The first-order chi connectivity index (χ1) is 9.60. The molecule has 1 aliphatic heterocycles.